The van der Waals surface area contributed by atoms with Crippen LogP contribution in [0.2, 0.25) is 0 Å². The lowest BCUT2D eigenvalue weighted by atomic mass is 10.0. The molecule has 5 heteroatoms. The highest BCUT2D eigenvalue weighted by Crippen LogP contribution is 2.14. The number of rotatable bonds is 5. The number of aromatic nitrogens is 1. The van der Waals surface area contributed by atoms with Crippen molar-refractivity contribution in [2.45, 2.75) is 38.6 Å². The quantitative estimate of drug-likeness (QED) is 0.901. The van der Waals surface area contributed by atoms with Gasteiger partial charge in [0, 0.05) is 37.9 Å². The van der Waals surface area contributed by atoms with E-state index in [0.717, 1.165) is 19.3 Å². The molecular formula is C21H25N3O2. The molecule has 1 aromatic heterocycles. The zero-order valence-corrected chi connectivity index (χ0v) is 15.1. The number of carbonyl (C=O) groups excluding carboxylic acids is 2. The lowest BCUT2D eigenvalue weighted by Gasteiger charge is -2.32. The maximum absolute atomic E-state index is 12.4. The Kier molecular flexibility index (Phi) is 6.00. The van der Waals surface area contributed by atoms with Crippen molar-refractivity contribution < 1.29 is 9.59 Å². The summed E-state index contributed by atoms with van der Waals surface area (Å²) in [5, 5.41) is 3.12. The zero-order valence-electron chi connectivity index (χ0n) is 15.1. The van der Waals surface area contributed by atoms with Gasteiger partial charge in [0.25, 0.3) is 5.91 Å². The van der Waals surface area contributed by atoms with E-state index in [2.05, 4.69) is 29.4 Å². The third-order valence-corrected chi connectivity index (χ3v) is 4.94. The molecule has 1 fully saturated rings. The van der Waals surface area contributed by atoms with Crippen molar-refractivity contribution in [2.24, 2.45) is 0 Å². The summed E-state index contributed by atoms with van der Waals surface area (Å²) in [6.45, 7) is 3.40. The van der Waals surface area contributed by atoms with Crippen molar-refractivity contribution in [2.75, 3.05) is 13.1 Å². The Labute approximate surface area is 154 Å². The van der Waals surface area contributed by atoms with Crippen LogP contribution in [-0.4, -0.2) is 40.8 Å². The minimum absolute atomic E-state index is 0.0161. The molecule has 0 spiro atoms. The van der Waals surface area contributed by atoms with E-state index in [9.17, 15) is 9.59 Å². The Balaban J connectivity index is 1.43. The Morgan fingerprint density at radius 1 is 1.15 bits per heavy atom. The third kappa shape index (κ3) is 4.69. The lowest BCUT2D eigenvalue weighted by molar-refractivity contribution is -0.122. The number of hydrogen-bond acceptors (Lipinski definition) is 3. The number of hydrogen-bond donors (Lipinski definition) is 1. The molecule has 0 atom stereocenters. The van der Waals surface area contributed by atoms with E-state index in [-0.39, 0.29) is 17.9 Å². The normalized spacial score (nSPS) is 14.9. The Bertz CT molecular complexity index is 753. The molecule has 0 unspecified atom stereocenters. The summed E-state index contributed by atoms with van der Waals surface area (Å²) in [4.78, 5) is 30.5. The maximum atomic E-state index is 12.4. The van der Waals surface area contributed by atoms with Crippen LogP contribution in [0.25, 0.3) is 0 Å². The Hall–Kier alpha value is -2.69. The van der Waals surface area contributed by atoms with Crippen molar-refractivity contribution in [1.29, 1.82) is 0 Å². The number of likely N-dealkylation sites (tertiary alicyclic amines) is 1. The highest BCUT2D eigenvalue weighted by atomic mass is 16.2. The predicted molar refractivity (Wildman–Crippen MR) is 101 cm³/mol. The molecule has 0 aliphatic carbocycles. The summed E-state index contributed by atoms with van der Waals surface area (Å²) >= 11 is 0. The van der Waals surface area contributed by atoms with Crippen LogP contribution in [0, 0.1) is 6.92 Å². The molecule has 26 heavy (non-hydrogen) atoms. The summed E-state index contributed by atoms with van der Waals surface area (Å²) in [5.74, 6) is 0.104. The first-order valence-corrected chi connectivity index (χ1v) is 9.16. The standard InChI is InChI=1S/C21H25N3O2/c1-16-5-2-3-6-17(16)8-9-20(25)23-19-10-13-24(14-11-19)21(26)18-7-4-12-22-15-18/h2-7,12,15,19H,8-11,13-14H2,1H3,(H,23,25). The molecule has 1 aromatic carbocycles. The number of nitrogens with one attached hydrogen (secondary N) is 1. The minimum Gasteiger partial charge on any atom is -0.353 e. The number of amides is 2. The second-order valence-corrected chi connectivity index (χ2v) is 6.80. The molecule has 1 aliphatic rings. The van der Waals surface area contributed by atoms with Crippen molar-refractivity contribution in [3.05, 3.63) is 65.5 Å². The molecule has 0 saturated carbocycles. The highest BCUT2D eigenvalue weighted by Gasteiger charge is 2.24. The second-order valence-electron chi connectivity index (χ2n) is 6.80. The Morgan fingerprint density at radius 2 is 1.92 bits per heavy atom. The second kappa shape index (κ2) is 8.61. The summed E-state index contributed by atoms with van der Waals surface area (Å²) in [6, 6.07) is 11.9. The van der Waals surface area contributed by atoms with Gasteiger partial charge in [0.2, 0.25) is 5.91 Å². The van der Waals surface area contributed by atoms with Crippen LogP contribution < -0.4 is 5.32 Å². The van der Waals surface area contributed by atoms with Crippen LogP contribution in [0.5, 0.6) is 0 Å². The van der Waals surface area contributed by atoms with E-state index in [1.165, 1.54) is 11.1 Å². The molecule has 3 rings (SSSR count). The average molecular weight is 351 g/mol. The van der Waals surface area contributed by atoms with Gasteiger partial charge in [-0.1, -0.05) is 24.3 Å². The maximum Gasteiger partial charge on any atom is 0.255 e. The van der Waals surface area contributed by atoms with Gasteiger partial charge < -0.3 is 10.2 Å². The topological polar surface area (TPSA) is 62.3 Å². The van der Waals surface area contributed by atoms with Gasteiger partial charge in [-0.2, -0.15) is 0 Å². The first kappa shape index (κ1) is 18.1. The predicted octanol–water partition coefficient (Wildman–Crippen LogP) is 2.74. The number of piperidine rings is 1. The SMILES string of the molecule is Cc1ccccc1CCC(=O)NC1CCN(C(=O)c2cccnc2)CC1. The number of nitrogens with zero attached hydrogens (tertiary/aromatic N) is 2. The molecule has 0 bridgehead atoms. The van der Waals surface area contributed by atoms with Crippen molar-refractivity contribution in [1.82, 2.24) is 15.2 Å². The summed E-state index contributed by atoms with van der Waals surface area (Å²) in [6.07, 6.45) is 6.11. The van der Waals surface area contributed by atoms with Crippen LogP contribution in [0.3, 0.4) is 0 Å². The summed E-state index contributed by atoms with van der Waals surface area (Å²) < 4.78 is 0. The van der Waals surface area contributed by atoms with E-state index in [1.807, 2.05) is 17.0 Å². The van der Waals surface area contributed by atoms with Gasteiger partial charge in [-0.15, -0.1) is 0 Å². The van der Waals surface area contributed by atoms with Crippen molar-refractivity contribution in [3.8, 4) is 0 Å². The van der Waals surface area contributed by atoms with Gasteiger partial charge in [0.05, 0.1) is 5.56 Å². The van der Waals surface area contributed by atoms with Gasteiger partial charge in [-0.05, 0) is 49.4 Å². The molecule has 2 heterocycles. The van der Waals surface area contributed by atoms with Gasteiger partial charge in [-0.3, -0.25) is 14.6 Å². The summed E-state index contributed by atoms with van der Waals surface area (Å²) in [5.41, 5.74) is 3.07. The first-order chi connectivity index (χ1) is 12.6. The average Bonchev–Trinajstić information content (AvgIpc) is 2.68. The van der Waals surface area contributed by atoms with E-state index in [0.29, 0.717) is 25.1 Å². The van der Waals surface area contributed by atoms with E-state index >= 15 is 0 Å². The van der Waals surface area contributed by atoms with Gasteiger partial charge in [-0.25, -0.2) is 0 Å². The van der Waals surface area contributed by atoms with E-state index in [4.69, 9.17) is 0 Å². The molecule has 136 valence electrons. The molecule has 5 nitrogen and oxygen atoms in total. The minimum atomic E-state index is 0.0161. The fraction of sp³-hybridized carbons (Fsp3) is 0.381. The zero-order chi connectivity index (χ0) is 18.4. The monoisotopic (exact) mass is 351 g/mol. The molecule has 1 N–H and O–H groups in total. The fourth-order valence-corrected chi connectivity index (χ4v) is 3.34. The summed E-state index contributed by atoms with van der Waals surface area (Å²) in [7, 11) is 0. The van der Waals surface area contributed by atoms with E-state index < -0.39 is 0 Å². The number of aryl methyl sites for hydroxylation is 2. The highest BCUT2D eigenvalue weighted by molar-refractivity contribution is 5.93. The first-order valence-electron chi connectivity index (χ1n) is 9.16. The van der Waals surface area contributed by atoms with Crippen LogP contribution in [0.1, 0.15) is 40.7 Å². The van der Waals surface area contributed by atoms with Gasteiger partial charge in [0.1, 0.15) is 0 Å². The molecule has 2 amide bonds. The number of carbonyl (C=O) groups is 2. The van der Waals surface area contributed by atoms with Crippen LogP contribution in [0.15, 0.2) is 48.8 Å². The molecule has 1 aliphatic heterocycles. The van der Waals surface area contributed by atoms with Gasteiger partial charge >= 0.3 is 0 Å². The van der Waals surface area contributed by atoms with Crippen LogP contribution >= 0.6 is 0 Å². The number of benzene rings is 1. The molecular weight excluding hydrogens is 326 g/mol. The largest absolute Gasteiger partial charge is 0.353 e. The third-order valence-electron chi connectivity index (χ3n) is 4.94. The van der Waals surface area contributed by atoms with Crippen molar-refractivity contribution in [3.63, 3.8) is 0 Å². The lowest BCUT2D eigenvalue weighted by Crippen LogP contribution is -2.46. The van der Waals surface area contributed by atoms with Crippen LogP contribution in [0.4, 0.5) is 0 Å². The number of pyridine rings is 1. The molecule has 0 radical (unpaired) electrons. The fourth-order valence-electron chi connectivity index (χ4n) is 3.34. The van der Waals surface area contributed by atoms with Crippen molar-refractivity contribution >= 4 is 11.8 Å². The Morgan fingerprint density at radius 3 is 2.62 bits per heavy atom. The van der Waals surface area contributed by atoms with Crippen LogP contribution in [-0.2, 0) is 11.2 Å². The van der Waals surface area contributed by atoms with E-state index in [1.54, 1.807) is 24.5 Å². The van der Waals surface area contributed by atoms with Gasteiger partial charge in [0.15, 0.2) is 0 Å². The molecule has 1 saturated heterocycles. The smallest absolute Gasteiger partial charge is 0.255 e. The molecule has 2 aromatic rings.